The topological polar surface area (TPSA) is 24.9 Å². The van der Waals surface area contributed by atoms with Gasteiger partial charge < -0.3 is 5.32 Å². The predicted octanol–water partition coefficient (Wildman–Crippen LogP) is 4.74. The lowest BCUT2D eigenvalue weighted by molar-refractivity contribution is 0.167. The zero-order valence-electron chi connectivity index (χ0n) is 12.8. The number of rotatable bonds is 3. The molecule has 1 aliphatic carbocycles. The summed E-state index contributed by atoms with van der Waals surface area (Å²) in [5.74, 6) is 0.806. The van der Waals surface area contributed by atoms with Crippen LogP contribution in [-0.4, -0.2) is 23.3 Å². The van der Waals surface area contributed by atoms with Crippen LogP contribution in [0.2, 0.25) is 0 Å². The Morgan fingerprint density at radius 1 is 1.30 bits per heavy atom. The van der Waals surface area contributed by atoms with Crippen LogP contribution in [0, 0.1) is 11.3 Å². The molecule has 1 aliphatic rings. The molecular formula is C16H25BrN2S. The fourth-order valence-corrected chi connectivity index (χ4v) is 4.53. The zero-order chi connectivity index (χ0) is 14.8. The molecule has 2 rings (SSSR count). The van der Waals surface area contributed by atoms with E-state index in [-0.39, 0.29) is 0 Å². The molecule has 0 bridgehead atoms. The average molecular weight is 357 g/mol. The van der Waals surface area contributed by atoms with Crippen molar-refractivity contribution in [3.05, 3.63) is 22.8 Å². The van der Waals surface area contributed by atoms with Crippen LogP contribution in [-0.2, 0) is 0 Å². The van der Waals surface area contributed by atoms with E-state index in [1.54, 1.807) is 0 Å². The summed E-state index contributed by atoms with van der Waals surface area (Å²) < 4.78 is 1.04. The van der Waals surface area contributed by atoms with Gasteiger partial charge in [-0.2, -0.15) is 0 Å². The van der Waals surface area contributed by atoms with E-state index < -0.39 is 0 Å². The van der Waals surface area contributed by atoms with Gasteiger partial charge in [0.25, 0.3) is 0 Å². The van der Waals surface area contributed by atoms with Gasteiger partial charge in [0, 0.05) is 22.0 Å². The van der Waals surface area contributed by atoms with Crippen molar-refractivity contribution in [2.75, 3.05) is 7.05 Å². The van der Waals surface area contributed by atoms with Crippen LogP contribution in [0.3, 0.4) is 0 Å². The molecule has 1 fully saturated rings. The molecule has 0 aliphatic heterocycles. The smallest absolute Gasteiger partial charge is 0.0963 e. The highest BCUT2D eigenvalue weighted by molar-refractivity contribution is 9.10. The van der Waals surface area contributed by atoms with Crippen molar-refractivity contribution in [2.24, 2.45) is 11.3 Å². The Hall–Kier alpha value is -0.0600. The quantitative estimate of drug-likeness (QED) is 0.846. The lowest BCUT2D eigenvalue weighted by Crippen LogP contribution is -2.43. The lowest BCUT2D eigenvalue weighted by atomic mass is 9.71. The lowest BCUT2D eigenvalue weighted by Gasteiger charge is -2.41. The van der Waals surface area contributed by atoms with Crippen molar-refractivity contribution in [1.29, 1.82) is 0 Å². The van der Waals surface area contributed by atoms with Crippen LogP contribution in [0.5, 0.6) is 0 Å². The Bertz CT molecular complexity index is 427. The highest BCUT2D eigenvalue weighted by Crippen LogP contribution is 2.43. The highest BCUT2D eigenvalue weighted by Gasteiger charge is 2.35. The van der Waals surface area contributed by atoms with Gasteiger partial charge in [0.15, 0.2) is 0 Å². The van der Waals surface area contributed by atoms with Crippen molar-refractivity contribution in [1.82, 2.24) is 10.3 Å². The van der Waals surface area contributed by atoms with Gasteiger partial charge in [-0.05, 0) is 65.7 Å². The summed E-state index contributed by atoms with van der Waals surface area (Å²) in [6.45, 7) is 7.12. The Labute approximate surface area is 135 Å². The minimum Gasteiger partial charge on any atom is -0.316 e. The van der Waals surface area contributed by atoms with Crippen LogP contribution in [0.25, 0.3) is 0 Å². The molecule has 0 amide bonds. The Kier molecular flexibility index (Phi) is 5.55. The van der Waals surface area contributed by atoms with Crippen LogP contribution in [0.15, 0.2) is 27.8 Å². The maximum absolute atomic E-state index is 4.52. The molecule has 4 heteroatoms. The molecule has 0 radical (unpaired) electrons. The van der Waals surface area contributed by atoms with Crippen LogP contribution in [0.4, 0.5) is 0 Å². The standard InChI is InChI=1S/C16H25BrN2S/c1-16(2,3)11-5-7-13(18-4)14(9-11)20-15-8-6-12(17)10-19-15/h6,8,10-11,13-14,18H,5,7,9H2,1-4H3. The van der Waals surface area contributed by atoms with Crippen LogP contribution < -0.4 is 5.32 Å². The second-order valence-electron chi connectivity index (χ2n) is 6.74. The fraction of sp³-hybridized carbons (Fsp3) is 0.688. The first-order chi connectivity index (χ1) is 9.40. The van der Waals surface area contributed by atoms with Crippen molar-refractivity contribution in [2.45, 2.75) is 56.4 Å². The molecule has 3 atom stereocenters. The third kappa shape index (κ3) is 4.22. The van der Waals surface area contributed by atoms with Crippen molar-refractivity contribution >= 4 is 27.7 Å². The molecule has 3 unspecified atom stereocenters. The van der Waals surface area contributed by atoms with E-state index in [4.69, 9.17) is 0 Å². The summed E-state index contributed by atoms with van der Waals surface area (Å²) in [6, 6.07) is 4.79. The first kappa shape index (κ1) is 16.3. The number of thioether (sulfide) groups is 1. The van der Waals surface area contributed by atoms with Gasteiger partial charge in [-0.3, -0.25) is 0 Å². The average Bonchev–Trinajstić information content (AvgIpc) is 2.40. The monoisotopic (exact) mass is 356 g/mol. The Morgan fingerprint density at radius 2 is 2.05 bits per heavy atom. The first-order valence-corrected chi connectivity index (χ1v) is 9.03. The highest BCUT2D eigenvalue weighted by atomic mass is 79.9. The Morgan fingerprint density at radius 3 is 2.60 bits per heavy atom. The fourth-order valence-electron chi connectivity index (χ4n) is 2.96. The molecule has 0 spiro atoms. The number of aromatic nitrogens is 1. The molecule has 1 aromatic heterocycles. The van der Waals surface area contributed by atoms with E-state index in [0.717, 1.165) is 15.4 Å². The summed E-state index contributed by atoms with van der Waals surface area (Å²) in [6.07, 6.45) is 5.77. The minimum atomic E-state index is 0.407. The molecule has 1 N–H and O–H groups in total. The molecule has 0 saturated heterocycles. The van der Waals surface area contributed by atoms with Crippen LogP contribution >= 0.6 is 27.7 Å². The Balaban J connectivity index is 2.07. The SMILES string of the molecule is CNC1CCC(C(C)(C)C)CC1Sc1ccc(Br)cn1. The molecule has 0 aromatic carbocycles. The van der Waals surface area contributed by atoms with E-state index in [0.29, 0.717) is 16.7 Å². The van der Waals surface area contributed by atoms with E-state index >= 15 is 0 Å². The second kappa shape index (κ2) is 6.80. The molecule has 1 aromatic rings. The van der Waals surface area contributed by atoms with Crippen molar-refractivity contribution < 1.29 is 0 Å². The summed E-state index contributed by atoms with van der Waals surface area (Å²) >= 11 is 5.38. The molecular weight excluding hydrogens is 332 g/mol. The van der Waals surface area contributed by atoms with E-state index in [9.17, 15) is 0 Å². The van der Waals surface area contributed by atoms with E-state index in [1.165, 1.54) is 19.3 Å². The van der Waals surface area contributed by atoms with Gasteiger partial charge in [-0.1, -0.05) is 20.8 Å². The molecule has 1 saturated carbocycles. The van der Waals surface area contributed by atoms with E-state index in [2.05, 4.69) is 66.2 Å². The number of halogens is 1. The molecule has 2 nitrogen and oxygen atoms in total. The molecule has 112 valence electrons. The zero-order valence-corrected chi connectivity index (χ0v) is 15.2. The normalized spacial score (nSPS) is 27.6. The van der Waals surface area contributed by atoms with Crippen LogP contribution in [0.1, 0.15) is 40.0 Å². The number of pyridine rings is 1. The summed E-state index contributed by atoms with van der Waals surface area (Å²) in [5.41, 5.74) is 0.407. The number of nitrogens with one attached hydrogen (secondary N) is 1. The van der Waals surface area contributed by atoms with Crippen molar-refractivity contribution in [3.63, 3.8) is 0 Å². The first-order valence-electron chi connectivity index (χ1n) is 7.35. The van der Waals surface area contributed by atoms with Crippen molar-refractivity contribution in [3.8, 4) is 0 Å². The maximum Gasteiger partial charge on any atom is 0.0963 e. The van der Waals surface area contributed by atoms with Gasteiger partial charge in [0.05, 0.1) is 5.03 Å². The molecule has 20 heavy (non-hydrogen) atoms. The minimum absolute atomic E-state index is 0.407. The van der Waals surface area contributed by atoms with Gasteiger partial charge >= 0.3 is 0 Å². The largest absolute Gasteiger partial charge is 0.316 e. The molecule has 1 heterocycles. The third-order valence-electron chi connectivity index (χ3n) is 4.36. The van der Waals surface area contributed by atoms with Gasteiger partial charge in [0.1, 0.15) is 0 Å². The number of nitrogens with zero attached hydrogens (tertiary/aromatic N) is 1. The third-order valence-corrected chi connectivity index (χ3v) is 6.14. The van der Waals surface area contributed by atoms with E-state index in [1.807, 2.05) is 18.0 Å². The summed E-state index contributed by atoms with van der Waals surface area (Å²) in [4.78, 5) is 4.52. The maximum atomic E-state index is 4.52. The van der Waals surface area contributed by atoms with Gasteiger partial charge in [0.2, 0.25) is 0 Å². The number of hydrogen-bond acceptors (Lipinski definition) is 3. The second-order valence-corrected chi connectivity index (χ2v) is 8.92. The summed E-state index contributed by atoms with van der Waals surface area (Å²) in [5, 5.41) is 5.25. The predicted molar refractivity (Wildman–Crippen MR) is 91.2 cm³/mol. The van der Waals surface area contributed by atoms with Gasteiger partial charge in [-0.15, -0.1) is 11.8 Å². The van der Waals surface area contributed by atoms with Gasteiger partial charge in [-0.25, -0.2) is 4.98 Å². The summed E-state index contributed by atoms with van der Waals surface area (Å²) in [7, 11) is 2.09. The number of hydrogen-bond donors (Lipinski definition) is 1.